The molecule has 0 saturated heterocycles. The van der Waals surface area contributed by atoms with Crippen LogP contribution in [0.2, 0.25) is 0 Å². The standard InChI is InChI=1S/C17H20FN5O3/c1-9(19)12(11-6-14(11)26-8-18)7-21-16(25)13-4-5-20-17(22-13)23-15(24)10-2-3-10/h4-6,10-12,19H,2-3,7-8H2,1H3,(H,21,25)(H,20,22,23,24). The summed E-state index contributed by atoms with van der Waals surface area (Å²) in [5.74, 6) is -0.420. The number of ether oxygens (including phenoxy) is 1. The van der Waals surface area contributed by atoms with Crippen LogP contribution in [0.5, 0.6) is 0 Å². The molecule has 1 aromatic rings. The molecule has 1 fully saturated rings. The summed E-state index contributed by atoms with van der Waals surface area (Å²) in [4.78, 5) is 32.1. The zero-order valence-corrected chi connectivity index (χ0v) is 14.3. The number of hydrogen-bond acceptors (Lipinski definition) is 6. The van der Waals surface area contributed by atoms with Crippen molar-refractivity contribution in [3.8, 4) is 0 Å². The van der Waals surface area contributed by atoms with Crippen LogP contribution in [0, 0.1) is 23.2 Å². The zero-order valence-electron chi connectivity index (χ0n) is 14.3. The maximum absolute atomic E-state index is 12.3. The van der Waals surface area contributed by atoms with Crippen LogP contribution in [-0.2, 0) is 9.53 Å². The van der Waals surface area contributed by atoms with Gasteiger partial charge in [-0.2, -0.15) is 0 Å². The maximum Gasteiger partial charge on any atom is 0.270 e. The lowest BCUT2D eigenvalue weighted by atomic mass is 9.97. The number of carbonyl (C=O) groups is 2. The van der Waals surface area contributed by atoms with Gasteiger partial charge in [-0.3, -0.25) is 14.9 Å². The van der Waals surface area contributed by atoms with Crippen LogP contribution in [0.1, 0.15) is 30.3 Å². The molecule has 2 aliphatic rings. The number of halogens is 1. The van der Waals surface area contributed by atoms with Crippen molar-refractivity contribution in [1.82, 2.24) is 15.3 Å². The fourth-order valence-electron chi connectivity index (χ4n) is 2.60. The van der Waals surface area contributed by atoms with Crippen LogP contribution < -0.4 is 10.6 Å². The van der Waals surface area contributed by atoms with Gasteiger partial charge in [0.2, 0.25) is 18.7 Å². The first kappa shape index (κ1) is 18.0. The van der Waals surface area contributed by atoms with Gasteiger partial charge in [0.25, 0.3) is 5.91 Å². The maximum atomic E-state index is 12.3. The van der Waals surface area contributed by atoms with Crippen LogP contribution in [0.25, 0.3) is 0 Å². The van der Waals surface area contributed by atoms with Crippen LogP contribution in [-0.4, -0.2) is 40.9 Å². The molecular formula is C17H20FN5O3. The molecule has 138 valence electrons. The highest BCUT2D eigenvalue weighted by Gasteiger charge is 2.36. The summed E-state index contributed by atoms with van der Waals surface area (Å²) in [6.45, 7) is 0.920. The number of nitrogens with zero attached hydrogens (tertiary/aromatic N) is 2. The van der Waals surface area contributed by atoms with E-state index in [0.29, 0.717) is 11.5 Å². The molecule has 3 N–H and O–H groups in total. The van der Waals surface area contributed by atoms with Crippen molar-refractivity contribution in [2.75, 3.05) is 18.7 Å². The van der Waals surface area contributed by atoms with Gasteiger partial charge < -0.3 is 15.5 Å². The topological polar surface area (TPSA) is 117 Å². The van der Waals surface area contributed by atoms with Gasteiger partial charge in [-0.1, -0.05) is 0 Å². The number of carbonyl (C=O) groups excluding carboxylic acids is 2. The Hall–Kier alpha value is -2.84. The van der Waals surface area contributed by atoms with E-state index in [9.17, 15) is 14.0 Å². The number of hydrogen-bond donors (Lipinski definition) is 3. The molecule has 0 aromatic carbocycles. The predicted molar refractivity (Wildman–Crippen MR) is 91.2 cm³/mol. The fraction of sp³-hybridized carbons (Fsp3) is 0.471. The summed E-state index contributed by atoms with van der Waals surface area (Å²) < 4.78 is 17.0. The van der Waals surface area contributed by atoms with E-state index >= 15 is 0 Å². The van der Waals surface area contributed by atoms with Crippen molar-refractivity contribution >= 4 is 23.5 Å². The van der Waals surface area contributed by atoms with E-state index in [1.807, 2.05) is 0 Å². The molecule has 2 aliphatic carbocycles. The van der Waals surface area contributed by atoms with E-state index in [1.54, 1.807) is 13.0 Å². The van der Waals surface area contributed by atoms with Gasteiger partial charge in [0.05, 0.1) is 0 Å². The third-order valence-corrected chi connectivity index (χ3v) is 4.33. The minimum atomic E-state index is -0.908. The number of anilines is 1. The molecule has 0 spiro atoms. The minimum absolute atomic E-state index is 0.0131. The molecule has 0 radical (unpaired) electrons. The summed E-state index contributed by atoms with van der Waals surface area (Å²) in [6, 6.07) is 1.45. The molecule has 26 heavy (non-hydrogen) atoms. The highest BCUT2D eigenvalue weighted by atomic mass is 19.1. The minimum Gasteiger partial charge on any atom is -0.467 e. The molecule has 2 amide bonds. The van der Waals surface area contributed by atoms with Gasteiger partial charge in [-0.25, -0.2) is 14.4 Å². The van der Waals surface area contributed by atoms with Gasteiger partial charge in [0.1, 0.15) is 11.5 Å². The van der Waals surface area contributed by atoms with Crippen molar-refractivity contribution in [3.63, 3.8) is 0 Å². The highest BCUT2D eigenvalue weighted by Crippen LogP contribution is 2.37. The summed E-state index contributed by atoms with van der Waals surface area (Å²) in [7, 11) is 0. The zero-order chi connectivity index (χ0) is 18.7. The van der Waals surface area contributed by atoms with Gasteiger partial charge in [0, 0.05) is 36.2 Å². The number of alkyl halides is 1. The monoisotopic (exact) mass is 361 g/mol. The lowest BCUT2D eigenvalue weighted by Gasteiger charge is -2.16. The van der Waals surface area contributed by atoms with Gasteiger partial charge in [-0.15, -0.1) is 0 Å². The molecule has 1 aromatic heterocycles. The Labute approximate surface area is 149 Å². The van der Waals surface area contributed by atoms with Crippen molar-refractivity contribution in [2.24, 2.45) is 17.8 Å². The Morgan fingerprint density at radius 3 is 2.88 bits per heavy atom. The van der Waals surface area contributed by atoms with E-state index in [4.69, 9.17) is 10.1 Å². The van der Waals surface area contributed by atoms with Crippen molar-refractivity contribution < 1.29 is 18.7 Å². The molecule has 0 bridgehead atoms. The van der Waals surface area contributed by atoms with E-state index in [-0.39, 0.29) is 41.8 Å². The Kier molecular flexibility index (Phi) is 5.24. The first-order chi connectivity index (χ1) is 12.5. The normalized spacial score (nSPS) is 19.2. The summed E-state index contributed by atoms with van der Waals surface area (Å²) in [5.41, 5.74) is 0.487. The summed E-state index contributed by atoms with van der Waals surface area (Å²) >= 11 is 0. The molecule has 1 heterocycles. The lowest BCUT2D eigenvalue weighted by molar-refractivity contribution is -0.117. The molecule has 3 rings (SSSR count). The first-order valence-corrected chi connectivity index (χ1v) is 8.37. The van der Waals surface area contributed by atoms with Gasteiger partial charge >= 0.3 is 0 Å². The van der Waals surface area contributed by atoms with E-state index in [1.165, 1.54) is 12.3 Å². The molecule has 0 aliphatic heterocycles. The number of amides is 2. The second-order valence-electron chi connectivity index (χ2n) is 6.38. The van der Waals surface area contributed by atoms with E-state index < -0.39 is 12.8 Å². The summed E-state index contributed by atoms with van der Waals surface area (Å²) in [5, 5.41) is 13.2. The molecule has 1 saturated carbocycles. The van der Waals surface area contributed by atoms with E-state index in [2.05, 4.69) is 20.6 Å². The molecule has 8 nitrogen and oxygen atoms in total. The molecular weight excluding hydrogens is 341 g/mol. The summed E-state index contributed by atoms with van der Waals surface area (Å²) in [6.07, 6.45) is 4.85. The van der Waals surface area contributed by atoms with Crippen LogP contribution >= 0.6 is 0 Å². The SMILES string of the molecule is CC(=N)C(CNC(=O)c1ccnc(NC(=O)C2CC2)n1)C1C=C1OCF. The van der Waals surface area contributed by atoms with Crippen LogP contribution in [0.15, 0.2) is 24.1 Å². The molecule has 2 unspecified atom stereocenters. The third-order valence-electron chi connectivity index (χ3n) is 4.33. The van der Waals surface area contributed by atoms with Crippen LogP contribution in [0.4, 0.5) is 10.3 Å². The number of rotatable bonds is 9. The fourth-order valence-corrected chi connectivity index (χ4v) is 2.60. The Morgan fingerprint density at radius 2 is 2.23 bits per heavy atom. The van der Waals surface area contributed by atoms with Crippen molar-refractivity contribution in [1.29, 1.82) is 5.41 Å². The molecule has 9 heteroatoms. The quantitative estimate of drug-likeness (QED) is 0.578. The van der Waals surface area contributed by atoms with Crippen molar-refractivity contribution in [3.05, 3.63) is 29.8 Å². The van der Waals surface area contributed by atoms with Crippen LogP contribution in [0.3, 0.4) is 0 Å². The average Bonchev–Trinajstić information content (AvgIpc) is 3.50. The number of nitrogens with one attached hydrogen (secondary N) is 3. The first-order valence-electron chi connectivity index (χ1n) is 8.37. The third kappa shape index (κ3) is 4.41. The second-order valence-corrected chi connectivity index (χ2v) is 6.38. The van der Waals surface area contributed by atoms with E-state index in [0.717, 1.165) is 12.8 Å². The van der Waals surface area contributed by atoms with Gasteiger partial charge in [0.15, 0.2) is 0 Å². The largest absolute Gasteiger partial charge is 0.467 e. The average molecular weight is 361 g/mol. The Bertz CT molecular complexity index is 763. The lowest BCUT2D eigenvalue weighted by Crippen LogP contribution is -2.34. The second kappa shape index (κ2) is 7.59. The Morgan fingerprint density at radius 1 is 1.46 bits per heavy atom. The molecule has 2 atom stereocenters. The number of allylic oxidation sites excluding steroid dienone is 2. The van der Waals surface area contributed by atoms with Gasteiger partial charge in [-0.05, 0) is 31.9 Å². The predicted octanol–water partition coefficient (Wildman–Crippen LogP) is 1.67. The Balaban J connectivity index is 1.55. The highest BCUT2D eigenvalue weighted by molar-refractivity contribution is 5.95. The number of aromatic nitrogens is 2. The smallest absolute Gasteiger partial charge is 0.270 e. The van der Waals surface area contributed by atoms with Crippen molar-refractivity contribution in [2.45, 2.75) is 19.8 Å².